The fourth-order valence-electron chi connectivity index (χ4n) is 2.28. The SMILES string of the molecule is CCOC(=O)/C=C(/[C@H](c1ccc(Cl)cc1)[C@H](C=O)CC)[N+](=O)[O-]. The van der Waals surface area contributed by atoms with E-state index in [1.54, 1.807) is 38.1 Å². The molecule has 0 saturated heterocycles. The van der Waals surface area contributed by atoms with Gasteiger partial charge in [-0.1, -0.05) is 30.7 Å². The van der Waals surface area contributed by atoms with E-state index in [2.05, 4.69) is 0 Å². The Morgan fingerprint density at radius 2 is 1.96 bits per heavy atom. The normalized spacial score (nSPS) is 14.0. The number of hydrogen-bond donors (Lipinski definition) is 0. The van der Waals surface area contributed by atoms with E-state index < -0.39 is 22.7 Å². The summed E-state index contributed by atoms with van der Waals surface area (Å²) in [7, 11) is 0. The zero-order chi connectivity index (χ0) is 17.4. The molecular weight excluding hydrogens is 322 g/mol. The molecule has 0 bridgehead atoms. The van der Waals surface area contributed by atoms with Crippen molar-refractivity contribution in [2.45, 2.75) is 26.2 Å². The number of esters is 1. The molecule has 124 valence electrons. The number of aldehydes is 1. The molecule has 23 heavy (non-hydrogen) atoms. The van der Waals surface area contributed by atoms with Crippen LogP contribution in [0.3, 0.4) is 0 Å². The summed E-state index contributed by atoms with van der Waals surface area (Å²) in [5.41, 5.74) is 0.172. The Labute approximate surface area is 139 Å². The van der Waals surface area contributed by atoms with Crippen LogP contribution >= 0.6 is 11.6 Å². The maximum atomic E-state index is 11.6. The minimum Gasteiger partial charge on any atom is -0.463 e. The molecule has 0 aliphatic carbocycles. The van der Waals surface area contributed by atoms with E-state index in [0.29, 0.717) is 23.3 Å². The van der Waals surface area contributed by atoms with E-state index in [4.69, 9.17) is 16.3 Å². The summed E-state index contributed by atoms with van der Waals surface area (Å²) in [6, 6.07) is 6.40. The van der Waals surface area contributed by atoms with Crippen LogP contribution in [0.2, 0.25) is 5.02 Å². The van der Waals surface area contributed by atoms with Gasteiger partial charge >= 0.3 is 5.97 Å². The lowest BCUT2D eigenvalue weighted by Crippen LogP contribution is -2.21. The topological polar surface area (TPSA) is 86.5 Å². The summed E-state index contributed by atoms with van der Waals surface area (Å²) in [6.07, 6.45) is 1.90. The van der Waals surface area contributed by atoms with Crippen LogP contribution in [0.25, 0.3) is 0 Å². The predicted molar refractivity (Wildman–Crippen MR) is 85.7 cm³/mol. The average molecular weight is 340 g/mol. The molecule has 0 saturated carbocycles. The third-order valence-corrected chi connectivity index (χ3v) is 3.64. The van der Waals surface area contributed by atoms with Crippen molar-refractivity contribution < 1.29 is 19.2 Å². The lowest BCUT2D eigenvalue weighted by molar-refractivity contribution is -0.431. The summed E-state index contributed by atoms with van der Waals surface area (Å²) in [6.45, 7) is 3.47. The van der Waals surface area contributed by atoms with Gasteiger partial charge in [-0.05, 0) is 31.0 Å². The number of carbonyl (C=O) groups is 2. The van der Waals surface area contributed by atoms with Gasteiger partial charge in [-0.3, -0.25) is 10.1 Å². The second-order valence-electron chi connectivity index (χ2n) is 4.82. The molecule has 0 aliphatic rings. The molecule has 0 fully saturated rings. The van der Waals surface area contributed by atoms with Gasteiger partial charge in [0.05, 0.1) is 23.5 Å². The fourth-order valence-corrected chi connectivity index (χ4v) is 2.40. The van der Waals surface area contributed by atoms with Gasteiger partial charge in [0.25, 0.3) is 5.70 Å². The molecule has 1 aromatic carbocycles. The molecule has 6 nitrogen and oxygen atoms in total. The van der Waals surface area contributed by atoms with Gasteiger partial charge < -0.3 is 9.53 Å². The van der Waals surface area contributed by atoms with Crippen molar-refractivity contribution in [3.8, 4) is 0 Å². The monoisotopic (exact) mass is 339 g/mol. The summed E-state index contributed by atoms with van der Waals surface area (Å²) in [5, 5.41) is 11.9. The highest BCUT2D eigenvalue weighted by Gasteiger charge is 2.34. The van der Waals surface area contributed by atoms with Gasteiger partial charge in [-0.15, -0.1) is 0 Å². The standard InChI is InChI=1S/C16H18ClNO5/c1-3-11(10-19)16(12-5-7-13(17)8-6-12)14(18(21)22)9-15(20)23-4-2/h5-11,16H,3-4H2,1-2H3/b14-9-/t11-,16-/m0/s1. The summed E-state index contributed by atoms with van der Waals surface area (Å²) in [5.74, 6) is -2.30. The fraction of sp³-hybridized carbons (Fsp3) is 0.375. The first-order valence-electron chi connectivity index (χ1n) is 7.18. The van der Waals surface area contributed by atoms with E-state index in [-0.39, 0.29) is 12.3 Å². The minimum atomic E-state index is -0.853. The summed E-state index contributed by atoms with van der Waals surface area (Å²) in [4.78, 5) is 33.8. The molecule has 2 atom stereocenters. The number of benzene rings is 1. The van der Waals surface area contributed by atoms with Crippen LogP contribution in [0.4, 0.5) is 0 Å². The Morgan fingerprint density at radius 3 is 2.39 bits per heavy atom. The molecule has 0 amide bonds. The molecule has 0 spiro atoms. The molecule has 0 radical (unpaired) electrons. The maximum Gasteiger partial charge on any atom is 0.337 e. The molecule has 7 heteroatoms. The van der Waals surface area contributed by atoms with Crippen LogP contribution in [0.5, 0.6) is 0 Å². The highest BCUT2D eigenvalue weighted by Crippen LogP contribution is 2.34. The Morgan fingerprint density at radius 1 is 1.35 bits per heavy atom. The smallest absolute Gasteiger partial charge is 0.337 e. The molecule has 0 aromatic heterocycles. The molecule has 0 aliphatic heterocycles. The molecule has 0 unspecified atom stereocenters. The lowest BCUT2D eigenvalue weighted by Gasteiger charge is -2.20. The number of halogens is 1. The van der Waals surface area contributed by atoms with Crippen LogP contribution in [0, 0.1) is 16.0 Å². The number of carbonyl (C=O) groups excluding carboxylic acids is 2. The second-order valence-corrected chi connectivity index (χ2v) is 5.25. The van der Waals surface area contributed by atoms with Gasteiger partial charge in [0.1, 0.15) is 6.29 Å². The van der Waals surface area contributed by atoms with Crippen LogP contribution < -0.4 is 0 Å². The van der Waals surface area contributed by atoms with E-state index in [0.717, 1.165) is 6.08 Å². The highest BCUT2D eigenvalue weighted by atomic mass is 35.5. The Balaban J connectivity index is 3.39. The lowest BCUT2D eigenvalue weighted by atomic mass is 9.82. The second kappa shape index (κ2) is 9.05. The third kappa shape index (κ3) is 5.17. The van der Waals surface area contributed by atoms with E-state index in [1.807, 2.05) is 0 Å². The van der Waals surface area contributed by atoms with Crippen molar-refractivity contribution in [3.63, 3.8) is 0 Å². The van der Waals surface area contributed by atoms with Crippen molar-refractivity contribution in [3.05, 3.63) is 56.7 Å². The Kier molecular flexibility index (Phi) is 7.41. The van der Waals surface area contributed by atoms with Crippen LogP contribution in [-0.4, -0.2) is 23.8 Å². The largest absolute Gasteiger partial charge is 0.463 e. The summed E-state index contributed by atoms with van der Waals surface area (Å²) >= 11 is 5.84. The predicted octanol–water partition coefficient (Wildman–Crippen LogP) is 3.37. The number of rotatable bonds is 8. The van der Waals surface area contributed by atoms with Gasteiger partial charge in [0.2, 0.25) is 0 Å². The Bertz CT molecular complexity index is 597. The number of nitrogens with zero attached hydrogens (tertiary/aromatic N) is 1. The summed E-state index contributed by atoms with van der Waals surface area (Å²) < 4.78 is 4.75. The van der Waals surface area contributed by atoms with Crippen molar-refractivity contribution in [1.29, 1.82) is 0 Å². The number of allylic oxidation sites excluding steroid dienone is 1. The first-order chi connectivity index (χ1) is 10.9. The third-order valence-electron chi connectivity index (χ3n) is 3.39. The molecule has 0 N–H and O–H groups in total. The zero-order valence-corrected chi connectivity index (χ0v) is 13.7. The van der Waals surface area contributed by atoms with Crippen molar-refractivity contribution in [2.24, 2.45) is 5.92 Å². The zero-order valence-electron chi connectivity index (χ0n) is 12.9. The van der Waals surface area contributed by atoms with E-state index in [1.165, 1.54) is 0 Å². The average Bonchev–Trinajstić information content (AvgIpc) is 2.52. The first-order valence-corrected chi connectivity index (χ1v) is 7.55. The number of ether oxygens (including phenoxy) is 1. The minimum absolute atomic E-state index is 0.108. The molecule has 1 rings (SSSR count). The maximum absolute atomic E-state index is 11.6. The van der Waals surface area contributed by atoms with Gasteiger partial charge in [-0.25, -0.2) is 4.79 Å². The van der Waals surface area contributed by atoms with Gasteiger partial charge in [0, 0.05) is 10.9 Å². The number of hydrogen-bond acceptors (Lipinski definition) is 5. The first kappa shape index (κ1) is 18.8. The van der Waals surface area contributed by atoms with Crippen LogP contribution in [0.1, 0.15) is 31.7 Å². The molecular formula is C16H18ClNO5. The molecule has 1 aromatic rings. The van der Waals surface area contributed by atoms with Gasteiger partial charge in [0.15, 0.2) is 0 Å². The van der Waals surface area contributed by atoms with Gasteiger partial charge in [-0.2, -0.15) is 0 Å². The quantitative estimate of drug-likeness (QED) is 0.238. The molecule has 0 heterocycles. The van der Waals surface area contributed by atoms with Crippen molar-refractivity contribution in [2.75, 3.05) is 6.61 Å². The number of nitro groups is 1. The van der Waals surface area contributed by atoms with E-state index >= 15 is 0 Å². The van der Waals surface area contributed by atoms with E-state index in [9.17, 15) is 19.7 Å². The van der Waals surface area contributed by atoms with Crippen molar-refractivity contribution in [1.82, 2.24) is 0 Å². The van der Waals surface area contributed by atoms with Crippen LogP contribution in [-0.2, 0) is 14.3 Å². The van der Waals surface area contributed by atoms with Crippen LogP contribution in [0.15, 0.2) is 36.0 Å². The van der Waals surface area contributed by atoms with Crippen molar-refractivity contribution >= 4 is 23.9 Å². The highest BCUT2D eigenvalue weighted by molar-refractivity contribution is 6.30. The Hall–Kier alpha value is -2.21.